The molecule has 5 nitrogen and oxygen atoms in total. The maximum atomic E-state index is 12.9. The lowest BCUT2D eigenvalue weighted by atomic mass is 10.1. The summed E-state index contributed by atoms with van der Waals surface area (Å²) < 4.78 is 12.9. The zero-order valence-corrected chi connectivity index (χ0v) is 13.6. The average molecular weight is 336 g/mol. The van der Waals surface area contributed by atoms with E-state index >= 15 is 0 Å². The molecule has 2 N–H and O–H groups in total. The van der Waals surface area contributed by atoms with Crippen LogP contribution in [0.4, 0.5) is 16.0 Å². The fraction of sp³-hybridized carbons (Fsp3) is 0.105. The summed E-state index contributed by atoms with van der Waals surface area (Å²) in [6, 6.07) is 16.9. The standard InChI is InChI=1S/C19H17FN4O/c1-13(14-5-3-2-4-6-14)22-18(25)17-11-12-21-19(24-17)23-16-9-7-15(20)8-10-16/h2-13H,1H3,(H,22,25)(H,21,23,24). The van der Waals surface area contributed by atoms with Crippen molar-refractivity contribution in [1.82, 2.24) is 15.3 Å². The van der Waals surface area contributed by atoms with Crippen LogP contribution >= 0.6 is 0 Å². The number of carbonyl (C=O) groups excluding carboxylic acids is 1. The van der Waals surface area contributed by atoms with Gasteiger partial charge in [-0.15, -0.1) is 0 Å². The number of benzene rings is 2. The highest BCUT2D eigenvalue weighted by Crippen LogP contribution is 2.15. The highest BCUT2D eigenvalue weighted by Gasteiger charge is 2.13. The number of hydrogen-bond donors (Lipinski definition) is 2. The summed E-state index contributed by atoms with van der Waals surface area (Å²) in [7, 11) is 0. The number of aromatic nitrogens is 2. The van der Waals surface area contributed by atoms with Gasteiger partial charge in [0.25, 0.3) is 5.91 Å². The summed E-state index contributed by atoms with van der Waals surface area (Å²) >= 11 is 0. The van der Waals surface area contributed by atoms with E-state index in [1.54, 1.807) is 18.2 Å². The molecular weight excluding hydrogens is 319 g/mol. The van der Waals surface area contributed by atoms with Crippen molar-refractivity contribution in [2.75, 3.05) is 5.32 Å². The molecule has 1 heterocycles. The molecule has 0 saturated carbocycles. The van der Waals surface area contributed by atoms with Gasteiger partial charge in [0.15, 0.2) is 0 Å². The molecule has 0 fully saturated rings. The highest BCUT2D eigenvalue weighted by molar-refractivity contribution is 5.92. The van der Waals surface area contributed by atoms with Gasteiger partial charge < -0.3 is 10.6 Å². The fourth-order valence-electron chi connectivity index (χ4n) is 2.30. The van der Waals surface area contributed by atoms with Crippen molar-refractivity contribution < 1.29 is 9.18 Å². The lowest BCUT2D eigenvalue weighted by Gasteiger charge is -2.14. The summed E-state index contributed by atoms with van der Waals surface area (Å²) in [5.41, 5.74) is 1.90. The molecule has 1 atom stereocenters. The Hall–Kier alpha value is -3.28. The fourth-order valence-corrected chi connectivity index (χ4v) is 2.30. The monoisotopic (exact) mass is 336 g/mol. The summed E-state index contributed by atoms with van der Waals surface area (Å²) in [6.45, 7) is 1.91. The van der Waals surface area contributed by atoms with E-state index in [2.05, 4.69) is 20.6 Å². The van der Waals surface area contributed by atoms with Gasteiger partial charge in [0.1, 0.15) is 11.5 Å². The molecule has 6 heteroatoms. The van der Waals surface area contributed by atoms with Crippen LogP contribution in [-0.4, -0.2) is 15.9 Å². The Morgan fingerprint density at radius 3 is 2.48 bits per heavy atom. The van der Waals surface area contributed by atoms with Gasteiger partial charge in [-0.2, -0.15) is 0 Å². The van der Waals surface area contributed by atoms with E-state index in [9.17, 15) is 9.18 Å². The number of carbonyl (C=O) groups is 1. The van der Waals surface area contributed by atoms with Gasteiger partial charge in [0, 0.05) is 11.9 Å². The van der Waals surface area contributed by atoms with Crippen LogP contribution in [0.25, 0.3) is 0 Å². The van der Waals surface area contributed by atoms with E-state index in [0.29, 0.717) is 5.69 Å². The summed E-state index contributed by atoms with van der Waals surface area (Å²) in [4.78, 5) is 20.7. The highest BCUT2D eigenvalue weighted by atomic mass is 19.1. The maximum absolute atomic E-state index is 12.9. The smallest absolute Gasteiger partial charge is 0.270 e. The number of halogens is 1. The molecule has 1 unspecified atom stereocenters. The Morgan fingerprint density at radius 1 is 1.04 bits per heavy atom. The van der Waals surface area contributed by atoms with Crippen LogP contribution in [-0.2, 0) is 0 Å². The van der Waals surface area contributed by atoms with E-state index in [4.69, 9.17) is 0 Å². The minimum atomic E-state index is -0.325. The molecule has 1 aromatic heterocycles. The first-order valence-corrected chi connectivity index (χ1v) is 7.83. The van der Waals surface area contributed by atoms with Gasteiger partial charge in [-0.25, -0.2) is 14.4 Å². The van der Waals surface area contributed by atoms with Crippen LogP contribution in [0.1, 0.15) is 29.0 Å². The Bertz CT molecular complexity index is 853. The largest absolute Gasteiger partial charge is 0.344 e. The Morgan fingerprint density at radius 2 is 1.76 bits per heavy atom. The van der Waals surface area contributed by atoms with Crippen molar-refractivity contribution >= 4 is 17.5 Å². The van der Waals surface area contributed by atoms with Crippen molar-refractivity contribution in [2.24, 2.45) is 0 Å². The summed E-state index contributed by atoms with van der Waals surface area (Å²) in [5, 5.41) is 5.85. The predicted octanol–water partition coefficient (Wildman–Crippen LogP) is 3.85. The van der Waals surface area contributed by atoms with E-state index < -0.39 is 0 Å². The molecule has 0 aliphatic heterocycles. The third-order valence-electron chi connectivity index (χ3n) is 3.64. The second kappa shape index (κ2) is 7.53. The first-order valence-electron chi connectivity index (χ1n) is 7.83. The van der Waals surface area contributed by atoms with Crippen molar-refractivity contribution in [3.63, 3.8) is 0 Å². The molecule has 3 rings (SSSR count). The van der Waals surface area contributed by atoms with E-state index in [0.717, 1.165) is 5.56 Å². The van der Waals surface area contributed by atoms with Crippen LogP contribution < -0.4 is 10.6 Å². The SMILES string of the molecule is CC(NC(=O)c1ccnc(Nc2ccc(F)cc2)n1)c1ccccc1. The van der Waals surface area contributed by atoms with Crippen molar-refractivity contribution in [3.8, 4) is 0 Å². The summed E-state index contributed by atoms with van der Waals surface area (Å²) in [6.07, 6.45) is 1.50. The Kier molecular flexibility index (Phi) is 4.99. The lowest BCUT2D eigenvalue weighted by Crippen LogP contribution is -2.27. The Balaban J connectivity index is 1.70. The van der Waals surface area contributed by atoms with Crippen molar-refractivity contribution in [1.29, 1.82) is 0 Å². The molecule has 126 valence electrons. The number of rotatable bonds is 5. The van der Waals surface area contributed by atoms with E-state index in [-0.39, 0.29) is 29.4 Å². The van der Waals surface area contributed by atoms with Crippen LogP contribution in [0.2, 0.25) is 0 Å². The van der Waals surface area contributed by atoms with Gasteiger partial charge >= 0.3 is 0 Å². The van der Waals surface area contributed by atoms with Gasteiger partial charge in [0.2, 0.25) is 5.95 Å². The second-order valence-corrected chi connectivity index (χ2v) is 5.50. The summed E-state index contributed by atoms with van der Waals surface area (Å²) in [5.74, 6) is -0.345. The second-order valence-electron chi connectivity index (χ2n) is 5.50. The average Bonchev–Trinajstić information content (AvgIpc) is 2.64. The number of anilines is 2. The number of nitrogens with one attached hydrogen (secondary N) is 2. The quantitative estimate of drug-likeness (QED) is 0.743. The molecule has 25 heavy (non-hydrogen) atoms. The molecule has 0 bridgehead atoms. The molecule has 1 amide bonds. The van der Waals surface area contributed by atoms with Crippen LogP contribution in [0, 0.1) is 5.82 Å². The third kappa shape index (κ3) is 4.38. The molecule has 3 aromatic rings. The molecule has 0 saturated heterocycles. The number of amides is 1. The molecular formula is C19H17FN4O. The van der Waals surface area contributed by atoms with Gasteiger partial charge in [-0.3, -0.25) is 4.79 Å². The maximum Gasteiger partial charge on any atom is 0.270 e. The van der Waals surface area contributed by atoms with E-state index in [1.807, 2.05) is 37.3 Å². The van der Waals surface area contributed by atoms with Crippen molar-refractivity contribution in [2.45, 2.75) is 13.0 Å². The molecule has 0 aliphatic rings. The van der Waals surface area contributed by atoms with Crippen molar-refractivity contribution in [3.05, 3.63) is 83.9 Å². The molecule has 0 aliphatic carbocycles. The zero-order valence-electron chi connectivity index (χ0n) is 13.6. The normalized spacial score (nSPS) is 11.6. The van der Waals surface area contributed by atoms with Crippen LogP contribution in [0.5, 0.6) is 0 Å². The zero-order chi connectivity index (χ0) is 17.6. The van der Waals surface area contributed by atoms with Gasteiger partial charge in [0.05, 0.1) is 6.04 Å². The minimum Gasteiger partial charge on any atom is -0.344 e. The van der Waals surface area contributed by atoms with Crippen LogP contribution in [0.15, 0.2) is 66.9 Å². The predicted molar refractivity (Wildman–Crippen MR) is 94.0 cm³/mol. The van der Waals surface area contributed by atoms with Crippen LogP contribution in [0.3, 0.4) is 0 Å². The first kappa shape index (κ1) is 16.6. The third-order valence-corrected chi connectivity index (χ3v) is 3.64. The first-order chi connectivity index (χ1) is 12.1. The Labute approximate surface area is 145 Å². The topological polar surface area (TPSA) is 66.9 Å². The lowest BCUT2D eigenvalue weighted by molar-refractivity contribution is 0.0935. The van der Waals surface area contributed by atoms with Gasteiger partial charge in [-0.1, -0.05) is 30.3 Å². The van der Waals surface area contributed by atoms with E-state index in [1.165, 1.54) is 18.3 Å². The number of hydrogen-bond acceptors (Lipinski definition) is 4. The number of nitrogens with zero attached hydrogens (tertiary/aromatic N) is 2. The molecule has 0 spiro atoms. The minimum absolute atomic E-state index is 0.142. The molecule has 2 aromatic carbocycles. The molecule has 0 radical (unpaired) electrons. The van der Waals surface area contributed by atoms with Gasteiger partial charge in [-0.05, 0) is 42.8 Å².